The molecule has 1 aromatic heterocycles. The van der Waals surface area contributed by atoms with Crippen LogP contribution in [-0.4, -0.2) is 42.0 Å². The van der Waals surface area contributed by atoms with Gasteiger partial charge < -0.3 is 16.0 Å². The first-order valence-electron chi connectivity index (χ1n) is 6.38. The van der Waals surface area contributed by atoms with Crippen molar-refractivity contribution in [1.82, 2.24) is 15.2 Å². The van der Waals surface area contributed by atoms with E-state index in [0.29, 0.717) is 5.92 Å². The lowest BCUT2D eigenvalue weighted by Gasteiger charge is -2.35. The first kappa shape index (κ1) is 13.7. The number of aromatic nitrogens is 1. The Labute approximate surface area is 112 Å². The van der Waals surface area contributed by atoms with Gasteiger partial charge in [-0.15, -0.1) is 0 Å². The van der Waals surface area contributed by atoms with Crippen LogP contribution in [0.1, 0.15) is 23.7 Å². The summed E-state index contributed by atoms with van der Waals surface area (Å²) in [6, 6.07) is 1.21. The summed E-state index contributed by atoms with van der Waals surface area (Å²) >= 11 is 0. The van der Waals surface area contributed by atoms with Crippen LogP contribution >= 0.6 is 0 Å². The summed E-state index contributed by atoms with van der Waals surface area (Å²) in [7, 11) is 2.06. The van der Waals surface area contributed by atoms with E-state index in [0.717, 1.165) is 31.8 Å². The van der Waals surface area contributed by atoms with Gasteiger partial charge in [0.1, 0.15) is 11.6 Å². The maximum absolute atomic E-state index is 13.1. The molecule has 1 fully saturated rings. The first-order chi connectivity index (χ1) is 8.97. The fraction of sp³-hybridized carbons (Fsp3) is 0.538. The Bertz CT molecular complexity index is 480. The maximum atomic E-state index is 13.1. The SMILES string of the molecule is CC1CN(C)CCC1NC(=O)c1cc(F)cnc1N. The molecule has 1 amide bonds. The van der Waals surface area contributed by atoms with E-state index in [9.17, 15) is 9.18 Å². The van der Waals surface area contributed by atoms with Gasteiger partial charge in [-0.3, -0.25) is 4.79 Å². The third-order valence-electron chi connectivity index (χ3n) is 3.55. The number of rotatable bonds is 2. The standard InChI is InChI=1S/C13H19FN4O/c1-8-7-18(2)4-3-11(8)17-13(19)10-5-9(14)6-16-12(10)15/h5-6,8,11H,3-4,7H2,1-2H3,(H2,15,16)(H,17,19). The molecule has 0 aliphatic carbocycles. The molecular weight excluding hydrogens is 247 g/mol. The number of likely N-dealkylation sites (tertiary alicyclic amines) is 1. The molecule has 2 unspecified atom stereocenters. The molecule has 0 bridgehead atoms. The summed E-state index contributed by atoms with van der Waals surface area (Å²) in [6.07, 6.45) is 1.89. The molecule has 1 aliphatic heterocycles. The van der Waals surface area contributed by atoms with Crippen molar-refractivity contribution in [1.29, 1.82) is 0 Å². The molecule has 3 N–H and O–H groups in total. The number of carbonyl (C=O) groups excluding carboxylic acids is 1. The van der Waals surface area contributed by atoms with Gasteiger partial charge in [-0.1, -0.05) is 6.92 Å². The summed E-state index contributed by atoms with van der Waals surface area (Å²) < 4.78 is 13.1. The predicted molar refractivity (Wildman–Crippen MR) is 71.1 cm³/mol. The number of pyridine rings is 1. The highest BCUT2D eigenvalue weighted by atomic mass is 19.1. The van der Waals surface area contributed by atoms with E-state index in [4.69, 9.17) is 5.73 Å². The second-order valence-corrected chi connectivity index (χ2v) is 5.19. The largest absolute Gasteiger partial charge is 0.383 e. The molecule has 0 saturated carbocycles. The van der Waals surface area contributed by atoms with Crippen molar-refractivity contribution in [3.05, 3.63) is 23.6 Å². The van der Waals surface area contributed by atoms with Crippen LogP contribution in [0, 0.1) is 11.7 Å². The molecular formula is C13H19FN4O. The Hall–Kier alpha value is -1.69. The zero-order valence-corrected chi connectivity index (χ0v) is 11.2. The summed E-state index contributed by atoms with van der Waals surface area (Å²) in [5, 5.41) is 2.92. The Morgan fingerprint density at radius 1 is 1.63 bits per heavy atom. The number of nitrogens with one attached hydrogen (secondary N) is 1. The first-order valence-corrected chi connectivity index (χ1v) is 6.38. The number of nitrogen functional groups attached to an aromatic ring is 1. The summed E-state index contributed by atoms with van der Waals surface area (Å²) in [5.41, 5.74) is 5.71. The fourth-order valence-corrected chi connectivity index (χ4v) is 2.45. The number of piperidine rings is 1. The van der Waals surface area contributed by atoms with E-state index in [-0.39, 0.29) is 23.3 Å². The van der Waals surface area contributed by atoms with Crippen LogP contribution in [0.5, 0.6) is 0 Å². The number of carbonyl (C=O) groups is 1. The Balaban J connectivity index is 2.06. The lowest BCUT2D eigenvalue weighted by molar-refractivity contribution is 0.0884. The number of hydrogen-bond donors (Lipinski definition) is 2. The number of amides is 1. The van der Waals surface area contributed by atoms with Crippen LogP contribution in [0.4, 0.5) is 10.2 Å². The number of anilines is 1. The van der Waals surface area contributed by atoms with Crippen LogP contribution in [0.3, 0.4) is 0 Å². The second-order valence-electron chi connectivity index (χ2n) is 5.19. The van der Waals surface area contributed by atoms with Gasteiger partial charge in [0, 0.05) is 12.6 Å². The number of hydrogen-bond acceptors (Lipinski definition) is 4. The normalized spacial score (nSPS) is 24.2. The quantitative estimate of drug-likeness (QED) is 0.833. The predicted octanol–water partition coefficient (Wildman–Crippen LogP) is 0.873. The number of nitrogens with zero attached hydrogens (tertiary/aromatic N) is 2. The Morgan fingerprint density at radius 2 is 2.37 bits per heavy atom. The average molecular weight is 266 g/mol. The molecule has 2 rings (SSSR count). The molecule has 5 nitrogen and oxygen atoms in total. The molecule has 0 radical (unpaired) electrons. The van der Waals surface area contributed by atoms with Crippen molar-refractivity contribution >= 4 is 11.7 Å². The molecule has 0 aromatic carbocycles. The van der Waals surface area contributed by atoms with Crippen LogP contribution in [-0.2, 0) is 0 Å². The van der Waals surface area contributed by atoms with Gasteiger partial charge >= 0.3 is 0 Å². The third-order valence-corrected chi connectivity index (χ3v) is 3.55. The van der Waals surface area contributed by atoms with Gasteiger partial charge in [0.2, 0.25) is 0 Å². The minimum Gasteiger partial charge on any atom is -0.383 e. The van der Waals surface area contributed by atoms with E-state index in [2.05, 4.69) is 29.2 Å². The zero-order chi connectivity index (χ0) is 14.0. The fourth-order valence-electron chi connectivity index (χ4n) is 2.45. The van der Waals surface area contributed by atoms with E-state index >= 15 is 0 Å². The molecule has 1 aliphatic rings. The van der Waals surface area contributed by atoms with Crippen molar-refractivity contribution in [2.24, 2.45) is 5.92 Å². The Kier molecular flexibility index (Phi) is 3.99. The summed E-state index contributed by atoms with van der Waals surface area (Å²) in [5.74, 6) is -0.508. The molecule has 2 heterocycles. The van der Waals surface area contributed by atoms with Crippen LogP contribution < -0.4 is 11.1 Å². The second kappa shape index (κ2) is 5.52. The van der Waals surface area contributed by atoms with Gasteiger partial charge in [-0.2, -0.15) is 0 Å². The molecule has 2 atom stereocenters. The van der Waals surface area contributed by atoms with Crippen molar-refractivity contribution in [2.75, 3.05) is 25.9 Å². The van der Waals surface area contributed by atoms with Gasteiger partial charge in [-0.05, 0) is 32.0 Å². The average Bonchev–Trinajstić information content (AvgIpc) is 2.35. The Morgan fingerprint density at radius 3 is 3.05 bits per heavy atom. The maximum Gasteiger partial charge on any atom is 0.255 e. The van der Waals surface area contributed by atoms with Gasteiger partial charge in [0.05, 0.1) is 11.8 Å². The van der Waals surface area contributed by atoms with Crippen molar-refractivity contribution < 1.29 is 9.18 Å². The monoisotopic (exact) mass is 266 g/mol. The van der Waals surface area contributed by atoms with E-state index < -0.39 is 5.82 Å². The smallest absolute Gasteiger partial charge is 0.255 e. The topological polar surface area (TPSA) is 71.2 Å². The van der Waals surface area contributed by atoms with Crippen molar-refractivity contribution in [3.63, 3.8) is 0 Å². The highest BCUT2D eigenvalue weighted by Crippen LogP contribution is 2.17. The van der Waals surface area contributed by atoms with Crippen LogP contribution in [0.2, 0.25) is 0 Å². The number of halogens is 1. The van der Waals surface area contributed by atoms with Gasteiger partial charge in [-0.25, -0.2) is 9.37 Å². The molecule has 1 aromatic rings. The van der Waals surface area contributed by atoms with Crippen LogP contribution in [0.25, 0.3) is 0 Å². The highest BCUT2D eigenvalue weighted by Gasteiger charge is 2.26. The molecule has 19 heavy (non-hydrogen) atoms. The number of nitrogens with two attached hydrogens (primary N) is 1. The van der Waals surface area contributed by atoms with Crippen molar-refractivity contribution in [2.45, 2.75) is 19.4 Å². The zero-order valence-electron chi connectivity index (χ0n) is 11.2. The van der Waals surface area contributed by atoms with Crippen molar-refractivity contribution in [3.8, 4) is 0 Å². The molecule has 104 valence electrons. The minimum absolute atomic E-state index is 0.0551. The summed E-state index contributed by atoms with van der Waals surface area (Å²) in [6.45, 7) is 3.96. The van der Waals surface area contributed by atoms with Crippen LogP contribution in [0.15, 0.2) is 12.3 Å². The summed E-state index contributed by atoms with van der Waals surface area (Å²) in [4.78, 5) is 18.0. The van der Waals surface area contributed by atoms with E-state index in [1.807, 2.05) is 0 Å². The lowest BCUT2D eigenvalue weighted by Crippen LogP contribution is -2.49. The molecule has 0 spiro atoms. The minimum atomic E-state index is -0.559. The molecule has 1 saturated heterocycles. The lowest BCUT2D eigenvalue weighted by atomic mass is 9.94. The van der Waals surface area contributed by atoms with E-state index in [1.165, 1.54) is 0 Å². The third kappa shape index (κ3) is 3.20. The van der Waals surface area contributed by atoms with Gasteiger partial charge in [0.25, 0.3) is 5.91 Å². The van der Waals surface area contributed by atoms with Gasteiger partial charge in [0.15, 0.2) is 0 Å². The molecule has 6 heteroatoms. The highest BCUT2D eigenvalue weighted by molar-refractivity contribution is 5.98. The van der Waals surface area contributed by atoms with E-state index in [1.54, 1.807) is 0 Å².